The largest absolute Gasteiger partial charge is 0.278 e. The van der Waals surface area contributed by atoms with Crippen LogP contribution in [0.2, 0.25) is 5.02 Å². The van der Waals surface area contributed by atoms with Crippen molar-refractivity contribution >= 4 is 17.3 Å². The van der Waals surface area contributed by atoms with Gasteiger partial charge in [0, 0.05) is 10.6 Å². The topological polar surface area (TPSA) is 43.1 Å². The monoisotopic (exact) mass is 376 g/mol. The zero-order chi connectivity index (χ0) is 18.4. The van der Waals surface area contributed by atoms with Gasteiger partial charge in [-0.05, 0) is 37.3 Å². The fraction of sp³-hybridized carbons (Fsp3) is 0.167. The summed E-state index contributed by atoms with van der Waals surface area (Å²) < 4.78 is 44.3. The summed E-state index contributed by atoms with van der Waals surface area (Å²) in [7, 11) is 0. The lowest BCUT2D eigenvalue weighted by molar-refractivity contribution is 0.351. The highest BCUT2D eigenvalue weighted by molar-refractivity contribution is 6.31. The van der Waals surface area contributed by atoms with Crippen LogP contribution in [0.4, 0.5) is 13.2 Å². The molecule has 1 aliphatic heterocycles. The van der Waals surface area contributed by atoms with Crippen molar-refractivity contribution in [1.29, 1.82) is 0 Å². The second-order valence-electron chi connectivity index (χ2n) is 5.85. The van der Waals surface area contributed by atoms with Crippen molar-refractivity contribution in [3.8, 4) is 5.69 Å². The molecule has 1 unspecified atom stereocenters. The quantitative estimate of drug-likeness (QED) is 0.657. The first-order valence-corrected chi connectivity index (χ1v) is 8.22. The van der Waals surface area contributed by atoms with Crippen molar-refractivity contribution in [2.24, 2.45) is 4.99 Å². The van der Waals surface area contributed by atoms with E-state index in [2.05, 4.69) is 15.2 Å². The summed E-state index contributed by atoms with van der Waals surface area (Å²) in [5.74, 6) is -1.02. The minimum absolute atomic E-state index is 0.00483. The smallest absolute Gasteiger partial charge is 0.172 e. The molecule has 4 nitrogen and oxygen atoms in total. The molecule has 0 fully saturated rings. The second-order valence-corrected chi connectivity index (χ2v) is 6.29. The van der Waals surface area contributed by atoms with Crippen LogP contribution in [0.15, 0.2) is 41.4 Å². The highest BCUT2D eigenvalue weighted by atomic mass is 35.5. The van der Waals surface area contributed by atoms with Crippen molar-refractivity contribution in [2.75, 3.05) is 0 Å². The molecule has 2 aromatic carbocycles. The average Bonchev–Trinajstić information content (AvgIpc) is 2.95. The average molecular weight is 377 g/mol. The maximum Gasteiger partial charge on any atom is 0.172 e. The summed E-state index contributed by atoms with van der Waals surface area (Å²) in [6.45, 7) is 1.34. The minimum Gasteiger partial charge on any atom is -0.278 e. The van der Waals surface area contributed by atoms with Crippen molar-refractivity contribution in [3.63, 3.8) is 0 Å². The van der Waals surface area contributed by atoms with Gasteiger partial charge in [-0.2, -0.15) is 0 Å². The fourth-order valence-corrected chi connectivity index (χ4v) is 3.19. The molecule has 1 aromatic heterocycles. The first-order valence-electron chi connectivity index (χ1n) is 7.84. The number of rotatable bonds is 2. The summed E-state index contributed by atoms with van der Waals surface area (Å²) in [6, 6.07) is 8.38. The van der Waals surface area contributed by atoms with Crippen LogP contribution >= 0.6 is 11.6 Å². The molecule has 0 radical (unpaired) electrons. The van der Waals surface area contributed by atoms with Gasteiger partial charge in [-0.25, -0.2) is 13.2 Å². The van der Waals surface area contributed by atoms with Crippen LogP contribution in [0.1, 0.15) is 35.9 Å². The van der Waals surface area contributed by atoms with E-state index in [1.54, 1.807) is 18.2 Å². The van der Waals surface area contributed by atoms with Gasteiger partial charge in [0.25, 0.3) is 0 Å². The molecule has 4 rings (SSSR count). The van der Waals surface area contributed by atoms with Gasteiger partial charge in [-0.15, -0.1) is 10.2 Å². The Morgan fingerprint density at radius 2 is 1.85 bits per heavy atom. The highest BCUT2D eigenvalue weighted by Gasteiger charge is 2.27. The van der Waals surface area contributed by atoms with Crippen LogP contribution < -0.4 is 0 Å². The molecule has 0 saturated heterocycles. The van der Waals surface area contributed by atoms with Crippen LogP contribution in [-0.4, -0.2) is 20.5 Å². The Kier molecular flexibility index (Phi) is 4.03. The number of nitrogens with zero attached hydrogens (tertiary/aromatic N) is 4. The zero-order valence-electron chi connectivity index (χ0n) is 13.5. The van der Waals surface area contributed by atoms with E-state index in [0.717, 1.165) is 12.1 Å². The van der Waals surface area contributed by atoms with E-state index in [1.165, 1.54) is 17.6 Å². The Morgan fingerprint density at radius 3 is 2.54 bits per heavy atom. The lowest BCUT2D eigenvalue weighted by atomic mass is 9.99. The van der Waals surface area contributed by atoms with Gasteiger partial charge in [0.1, 0.15) is 18.2 Å². The number of hydrogen-bond donors (Lipinski definition) is 0. The highest BCUT2D eigenvalue weighted by Crippen LogP contribution is 2.31. The Bertz CT molecular complexity index is 1020. The van der Waals surface area contributed by atoms with Gasteiger partial charge in [-0.1, -0.05) is 17.7 Å². The molecule has 0 bridgehead atoms. The van der Waals surface area contributed by atoms with Gasteiger partial charge in [0.2, 0.25) is 0 Å². The Morgan fingerprint density at radius 1 is 1.12 bits per heavy atom. The third kappa shape index (κ3) is 2.59. The molecule has 26 heavy (non-hydrogen) atoms. The van der Waals surface area contributed by atoms with Gasteiger partial charge in [0.15, 0.2) is 17.8 Å². The minimum atomic E-state index is -1.38. The lowest BCUT2D eigenvalue weighted by Gasteiger charge is -2.15. The second kappa shape index (κ2) is 6.25. The molecule has 0 spiro atoms. The van der Waals surface area contributed by atoms with Crippen molar-refractivity contribution in [2.45, 2.75) is 19.6 Å². The van der Waals surface area contributed by atoms with E-state index in [0.29, 0.717) is 22.1 Å². The van der Waals surface area contributed by atoms with Gasteiger partial charge >= 0.3 is 0 Å². The SMILES string of the molecule is CC(F)c1nnc2n1-c1ccc(Cl)cc1C(c1c(F)cccc1F)=NC2. The third-order valence-corrected chi connectivity index (χ3v) is 4.38. The number of halogens is 4. The van der Waals surface area contributed by atoms with Crippen molar-refractivity contribution < 1.29 is 13.2 Å². The zero-order valence-corrected chi connectivity index (χ0v) is 14.3. The van der Waals surface area contributed by atoms with E-state index in [4.69, 9.17) is 11.6 Å². The molecule has 132 valence electrons. The number of alkyl halides is 1. The molecule has 1 aliphatic rings. The van der Waals surface area contributed by atoms with E-state index >= 15 is 0 Å². The first kappa shape index (κ1) is 16.8. The molecule has 8 heteroatoms. The van der Waals surface area contributed by atoms with Crippen LogP contribution in [0.3, 0.4) is 0 Å². The number of aromatic nitrogens is 3. The molecular weight excluding hydrogens is 365 g/mol. The summed E-state index contributed by atoms with van der Waals surface area (Å²) in [5, 5.41) is 8.22. The van der Waals surface area contributed by atoms with E-state index in [1.807, 2.05) is 0 Å². The number of fused-ring (bicyclic) bond motifs is 3. The maximum atomic E-state index is 14.4. The number of hydrogen-bond acceptors (Lipinski definition) is 3. The van der Waals surface area contributed by atoms with Crippen molar-refractivity contribution in [3.05, 3.63) is 75.8 Å². The first-order chi connectivity index (χ1) is 12.5. The summed E-state index contributed by atoms with van der Waals surface area (Å²) in [5.41, 5.74) is 0.681. The maximum absolute atomic E-state index is 14.4. The predicted molar refractivity (Wildman–Crippen MR) is 91.6 cm³/mol. The van der Waals surface area contributed by atoms with Crippen molar-refractivity contribution in [1.82, 2.24) is 14.8 Å². The lowest BCUT2D eigenvalue weighted by Crippen LogP contribution is -2.12. The Labute approximate surface area is 152 Å². The predicted octanol–water partition coefficient (Wildman–Crippen LogP) is 4.58. The van der Waals surface area contributed by atoms with E-state index < -0.39 is 17.8 Å². The molecule has 1 atom stereocenters. The van der Waals surface area contributed by atoms with Crippen LogP contribution in [-0.2, 0) is 6.54 Å². The Hall–Kier alpha value is -2.67. The van der Waals surface area contributed by atoms with E-state index in [9.17, 15) is 13.2 Å². The summed E-state index contributed by atoms with van der Waals surface area (Å²) in [4.78, 5) is 4.34. The van der Waals surface area contributed by atoms with Crippen LogP contribution in [0, 0.1) is 11.6 Å². The molecule has 2 heterocycles. The summed E-state index contributed by atoms with van der Waals surface area (Å²) in [6.07, 6.45) is -1.38. The Balaban J connectivity index is 2.03. The molecule has 0 aliphatic carbocycles. The molecule has 0 saturated carbocycles. The van der Waals surface area contributed by atoms with Gasteiger partial charge in [0.05, 0.1) is 17.0 Å². The summed E-state index contributed by atoms with van der Waals surface area (Å²) >= 11 is 6.11. The third-order valence-electron chi connectivity index (χ3n) is 4.14. The fourth-order valence-electron chi connectivity index (χ4n) is 3.02. The van der Waals surface area contributed by atoms with Crippen LogP contribution in [0.5, 0.6) is 0 Å². The van der Waals surface area contributed by atoms with E-state index in [-0.39, 0.29) is 23.6 Å². The molecule has 0 N–H and O–H groups in total. The number of benzene rings is 2. The normalized spacial score (nSPS) is 14.3. The van der Waals surface area contributed by atoms with Gasteiger partial charge in [-0.3, -0.25) is 9.56 Å². The molecule has 3 aromatic rings. The molecular formula is C18H12ClF3N4. The van der Waals surface area contributed by atoms with Gasteiger partial charge < -0.3 is 0 Å². The number of aliphatic imine (C=N–C) groups is 1. The standard InChI is InChI=1S/C18H12ClF3N4/c1-9(20)18-25-24-15-8-23-17(16-12(21)3-2-4-13(16)22)11-7-10(19)5-6-14(11)26(15)18/h2-7,9H,8H2,1H3. The van der Waals surface area contributed by atoms with Crippen LogP contribution in [0.25, 0.3) is 5.69 Å². The molecule has 0 amide bonds.